The molecule has 0 aromatic carbocycles. The molecule has 4 heteroatoms. The van der Waals surface area contributed by atoms with Crippen molar-refractivity contribution in [2.45, 2.75) is 78.6 Å². The van der Waals surface area contributed by atoms with Gasteiger partial charge in [-0.2, -0.15) is 0 Å². The van der Waals surface area contributed by atoms with E-state index in [1.54, 1.807) is 0 Å². The van der Waals surface area contributed by atoms with E-state index in [0.717, 1.165) is 11.3 Å². The van der Waals surface area contributed by atoms with Crippen LogP contribution in [0.4, 0.5) is 5.69 Å². The molecule has 4 nitrogen and oxygen atoms in total. The molecule has 1 rings (SSSR count). The van der Waals surface area contributed by atoms with Gasteiger partial charge in [-0.05, 0) is 11.5 Å². The lowest BCUT2D eigenvalue weighted by molar-refractivity contribution is -0.387. The summed E-state index contributed by atoms with van der Waals surface area (Å²) in [5.41, 5.74) is 1.59. The van der Waals surface area contributed by atoms with Gasteiger partial charge in [0.15, 0.2) is 0 Å². The molecule has 0 radical (unpaired) electrons. The summed E-state index contributed by atoms with van der Waals surface area (Å²) in [6, 6.07) is 1.91. The summed E-state index contributed by atoms with van der Waals surface area (Å²) < 4.78 is 0. The van der Waals surface area contributed by atoms with Crippen LogP contribution in [-0.2, 0) is 16.2 Å². The summed E-state index contributed by atoms with van der Waals surface area (Å²) in [7, 11) is 0. The third-order valence-corrected chi connectivity index (χ3v) is 3.46. The lowest BCUT2D eigenvalue weighted by Crippen LogP contribution is -2.25. The molecule has 118 valence electrons. The first-order valence-corrected chi connectivity index (χ1v) is 7.36. The van der Waals surface area contributed by atoms with E-state index in [4.69, 9.17) is 0 Å². The van der Waals surface area contributed by atoms with Crippen LogP contribution in [0.1, 0.15) is 79.3 Å². The molecule has 0 N–H and O–H groups in total. The van der Waals surface area contributed by atoms with E-state index in [9.17, 15) is 10.1 Å². The second-order valence-electron chi connectivity index (χ2n) is 8.76. The molecular weight excluding hydrogens is 264 g/mol. The van der Waals surface area contributed by atoms with Gasteiger partial charge in [-0.3, -0.25) is 10.1 Å². The first kappa shape index (κ1) is 17.6. The van der Waals surface area contributed by atoms with Crippen LogP contribution in [0.3, 0.4) is 0 Å². The third kappa shape index (κ3) is 3.80. The molecule has 0 fully saturated rings. The van der Waals surface area contributed by atoms with Crippen LogP contribution in [0.15, 0.2) is 6.07 Å². The molecule has 1 heterocycles. The van der Waals surface area contributed by atoms with Crippen LogP contribution in [0.5, 0.6) is 0 Å². The highest BCUT2D eigenvalue weighted by atomic mass is 16.6. The fourth-order valence-corrected chi connectivity index (χ4v) is 2.20. The Bertz CT molecular complexity index is 521. The molecule has 0 aliphatic heterocycles. The van der Waals surface area contributed by atoms with E-state index in [2.05, 4.69) is 25.8 Å². The molecular formula is C17H28N2O2. The number of hydrogen-bond donors (Lipinski definition) is 0. The quantitative estimate of drug-likeness (QED) is 0.547. The highest BCUT2D eigenvalue weighted by Gasteiger charge is 2.36. The summed E-state index contributed by atoms with van der Waals surface area (Å²) in [6.45, 7) is 18.2. The Hall–Kier alpha value is -1.45. The van der Waals surface area contributed by atoms with Crippen molar-refractivity contribution in [3.63, 3.8) is 0 Å². The van der Waals surface area contributed by atoms with Crippen LogP contribution in [0, 0.1) is 10.1 Å². The Labute approximate surface area is 128 Å². The molecule has 0 spiro atoms. The Balaban J connectivity index is 3.89. The van der Waals surface area contributed by atoms with Crippen LogP contribution < -0.4 is 0 Å². The smallest absolute Gasteiger partial charge is 0.258 e. The predicted molar refractivity (Wildman–Crippen MR) is 87.0 cm³/mol. The largest absolute Gasteiger partial charge is 0.294 e. The van der Waals surface area contributed by atoms with Crippen molar-refractivity contribution in [2.24, 2.45) is 0 Å². The number of aromatic nitrogens is 1. The second-order valence-corrected chi connectivity index (χ2v) is 8.76. The predicted octanol–water partition coefficient (Wildman–Crippen LogP) is 4.88. The molecule has 1 aromatic heterocycles. The summed E-state index contributed by atoms with van der Waals surface area (Å²) in [6.07, 6.45) is 0. The van der Waals surface area contributed by atoms with Gasteiger partial charge in [0.05, 0.1) is 4.92 Å². The summed E-state index contributed by atoms with van der Waals surface area (Å²) in [5.74, 6) is 0. The molecule has 0 saturated heterocycles. The summed E-state index contributed by atoms with van der Waals surface area (Å²) in [5, 5.41) is 11.7. The normalized spacial score (nSPS) is 13.4. The monoisotopic (exact) mass is 292 g/mol. The first-order chi connectivity index (χ1) is 9.15. The summed E-state index contributed by atoms with van der Waals surface area (Å²) >= 11 is 0. The van der Waals surface area contributed by atoms with Gasteiger partial charge >= 0.3 is 0 Å². The molecule has 0 atom stereocenters. The molecule has 0 amide bonds. The zero-order valence-electron chi connectivity index (χ0n) is 14.8. The Morgan fingerprint density at radius 1 is 0.905 bits per heavy atom. The minimum Gasteiger partial charge on any atom is -0.258 e. The number of rotatable bonds is 1. The zero-order valence-corrected chi connectivity index (χ0v) is 14.8. The van der Waals surface area contributed by atoms with E-state index >= 15 is 0 Å². The molecule has 0 aliphatic rings. The van der Waals surface area contributed by atoms with E-state index in [1.165, 1.54) is 0 Å². The minimum absolute atomic E-state index is 0.144. The Morgan fingerprint density at radius 2 is 1.38 bits per heavy atom. The fraction of sp³-hybridized carbons (Fsp3) is 0.706. The van der Waals surface area contributed by atoms with Gasteiger partial charge < -0.3 is 0 Å². The average Bonchev–Trinajstić information content (AvgIpc) is 2.23. The van der Waals surface area contributed by atoms with Gasteiger partial charge in [0, 0.05) is 22.1 Å². The number of nitro groups is 1. The zero-order chi connectivity index (χ0) is 16.8. The van der Waals surface area contributed by atoms with E-state index < -0.39 is 0 Å². The SMILES string of the molecule is CC(C)(C)c1cc(C(C)(C)C)c([N+](=O)[O-])c(C(C)(C)C)n1. The van der Waals surface area contributed by atoms with Crippen molar-refractivity contribution in [3.8, 4) is 0 Å². The van der Waals surface area contributed by atoms with Crippen LogP contribution in [0.25, 0.3) is 0 Å². The van der Waals surface area contributed by atoms with Crippen LogP contribution in [-0.4, -0.2) is 9.91 Å². The van der Waals surface area contributed by atoms with Crippen LogP contribution in [0.2, 0.25) is 0 Å². The van der Waals surface area contributed by atoms with Gasteiger partial charge in [0.25, 0.3) is 5.69 Å². The maximum Gasteiger partial charge on any atom is 0.294 e. The maximum atomic E-state index is 11.7. The fourth-order valence-electron chi connectivity index (χ4n) is 2.20. The molecule has 0 bridgehead atoms. The van der Waals surface area contributed by atoms with Crippen molar-refractivity contribution >= 4 is 5.69 Å². The van der Waals surface area contributed by atoms with Crippen molar-refractivity contribution in [2.75, 3.05) is 0 Å². The van der Waals surface area contributed by atoms with E-state index in [1.807, 2.05) is 47.6 Å². The number of hydrogen-bond acceptors (Lipinski definition) is 3. The second kappa shape index (κ2) is 5.08. The lowest BCUT2D eigenvalue weighted by atomic mass is 9.79. The van der Waals surface area contributed by atoms with Gasteiger partial charge in [-0.15, -0.1) is 0 Å². The van der Waals surface area contributed by atoms with E-state index in [-0.39, 0.29) is 26.9 Å². The molecule has 1 aromatic rings. The van der Waals surface area contributed by atoms with Crippen molar-refractivity contribution < 1.29 is 4.92 Å². The molecule has 21 heavy (non-hydrogen) atoms. The highest BCUT2D eigenvalue weighted by molar-refractivity contribution is 5.52. The average molecular weight is 292 g/mol. The van der Waals surface area contributed by atoms with Crippen LogP contribution >= 0.6 is 0 Å². The number of pyridine rings is 1. The summed E-state index contributed by atoms with van der Waals surface area (Å²) in [4.78, 5) is 16.1. The van der Waals surface area contributed by atoms with Crippen molar-refractivity contribution in [3.05, 3.63) is 33.1 Å². The molecule has 0 aliphatic carbocycles. The Kier molecular flexibility index (Phi) is 4.25. The van der Waals surface area contributed by atoms with Gasteiger partial charge in [0.1, 0.15) is 5.69 Å². The molecule has 0 saturated carbocycles. The molecule has 0 unspecified atom stereocenters. The van der Waals surface area contributed by atoms with E-state index in [0.29, 0.717) is 5.69 Å². The highest BCUT2D eigenvalue weighted by Crippen LogP contribution is 2.40. The van der Waals surface area contributed by atoms with Crippen molar-refractivity contribution in [1.82, 2.24) is 4.98 Å². The van der Waals surface area contributed by atoms with Crippen molar-refractivity contribution in [1.29, 1.82) is 0 Å². The van der Waals surface area contributed by atoms with Gasteiger partial charge in [-0.1, -0.05) is 62.3 Å². The minimum atomic E-state index is -0.371. The van der Waals surface area contributed by atoms with Gasteiger partial charge in [0.2, 0.25) is 0 Å². The lowest BCUT2D eigenvalue weighted by Gasteiger charge is -2.28. The maximum absolute atomic E-state index is 11.7. The van der Waals surface area contributed by atoms with Gasteiger partial charge in [-0.25, -0.2) is 4.98 Å². The third-order valence-electron chi connectivity index (χ3n) is 3.46. The Morgan fingerprint density at radius 3 is 1.67 bits per heavy atom. The number of nitrogens with zero attached hydrogens (tertiary/aromatic N) is 2. The standard InChI is InChI=1S/C17H28N2O2/c1-15(2,3)11-10-12(16(4,5)6)18-14(17(7,8)9)13(11)19(20)21/h10H,1-9H3. The first-order valence-electron chi connectivity index (χ1n) is 7.36. The topological polar surface area (TPSA) is 56.0 Å².